The third kappa shape index (κ3) is 5.69. The first kappa shape index (κ1) is 20.1. The Morgan fingerprint density at radius 1 is 0.862 bits per heavy atom. The number of anilines is 1. The van der Waals surface area contributed by atoms with Crippen LogP contribution >= 0.6 is 0 Å². The first-order valence-corrected chi connectivity index (χ1v) is 9.33. The molecule has 0 spiro atoms. The molecule has 0 atom stereocenters. The lowest BCUT2D eigenvalue weighted by Crippen LogP contribution is -2.12. The Hall–Kier alpha value is -3.60. The largest absolute Gasteiger partial charge is 0.487 e. The first-order valence-electron chi connectivity index (χ1n) is 9.33. The van der Waals surface area contributed by atoms with Crippen LogP contribution in [0.4, 0.5) is 5.69 Å². The standard InChI is InChI=1S/C24H23NO4/c1-17-13-21(24(27)29-16-20-11-7-4-8-12-20)14-22(23(17)25-18(2)26)28-15-19-9-5-3-6-10-19/h3-14H,15-16H2,1-2H3,(H,25,26). The molecule has 0 aliphatic carbocycles. The highest BCUT2D eigenvalue weighted by Gasteiger charge is 2.16. The quantitative estimate of drug-likeness (QED) is 0.585. The van der Waals surface area contributed by atoms with Crippen LogP contribution in [-0.2, 0) is 22.7 Å². The summed E-state index contributed by atoms with van der Waals surface area (Å²) >= 11 is 0. The van der Waals surface area contributed by atoms with E-state index in [1.165, 1.54) is 6.92 Å². The lowest BCUT2D eigenvalue weighted by Gasteiger charge is -2.16. The van der Waals surface area contributed by atoms with E-state index in [1.807, 2.05) is 67.6 Å². The summed E-state index contributed by atoms with van der Waals surface area (Å²) < 4.78 is 11.4. The molecule has 0 heterocycles. The average molecular weight is 389 g/mol. The van der Waals surface area contributed by atoms with Gasteiger partial charge in [0.15, 0.2) is 0 Å². The molecule has 0 saturated heterocycles. The van der Waals surface area contributed by atoms with Crippen molar-refractivity contribution >= 4 is 17.6 Å². The van der Waals surface area contributed by atoms with E-state index in [4.69, 9.17) is 9.47 Å². The van der Waals surface area contributed by atoms with Crippen LogP contribution in [0.15, 0.2) is 72.8 Å². The smallest absolute Gasteiger partial charge is 0.338 e. The molecule has 148 valence electrons. The number of benzene rings is 3. The second-order valence-electron chi connectivity index (χ2n) is 6.68. The molecule has 3 aromatic carbocycles. The fourth-order valence-corrected chi connectivity index (χ4v) is 2.86. The van der Waals surface area contributed by atoms with Gasteiger partial charge >= 0.3 is 5.97 Å². The van der Waals surface area contributed by atoms with Gasteiger partial charge in [0, 0.05) is 6.92 Å². The minimum atomic E-state index is -0.448. The van der Waals surface area contributed by atoms with Gasteiger partial charge in [-0.1, -0.05) is 60.7 Å². The van der Waals surface area contributed by atoms with E-state index in [1.54, 1.807) is 12.1 Å². The number of hydrogen-bond acceptors (Lipinski definition) is 4. The molecule has 0 radical (unpaired) electrons. The van der Waals surface area contributed by atoms with E-state index in [0.717, 1.165) is 16.7 Å². The van der Waals surface area contributed by atoms with E-state index in [9.17, 15) is 9.59 Å². The zero-order valence-corrected chi connectivity index (χ0v) is 16.5. The van der Waals surface area contributed by atoms with Gasteiger partial charge < -0.3 is 14.8 Å². The van der Waals surface area contributed by atoms with Crippen molar-refractivity contribution in [1.29, 1.82) is 0 Å². The van der Waals surface area contributed by atoms with Crippen molar-refractivity contribution in [1.82, 2.24) is 0 Å². The lowest BCUT2D eigenvalue weighted by molar-refractivity contribution is -0.114. The molecule has 29 heavy (non-hydrogen) atoms. The molecule has 1 N–H and O–H groups in total. The first-order chi connectivity index (χ1) is 14.0. The van der Waals surface area contributed by atoms with E-state index < -0.39 is 5.97 Å². The molecule has 0 bridgehead atoms. The van der Waals surface area contributed by atoms with Crippen LogP contribution in [0.25, 0.3) is 0 Å². The monoisotopic (exact) mass is 389 g/mol. The Balaban J connectivity index is 1.80. The molecular formula is C24H23NO4. The zero-order valence-electron chi connectivity index (χ0n) is 16.5. The van der Waals surface area contributed by atoms with Gasteiger partial charge in [-0.15, -0.1) is 0 Å². The van der Waals surface area contributed by atoms with Crippen molar-refractivity contribution in [3.05, 3.63) is 95.1 Å². The highest BCUT2D eigenvalue weighted by molar-refractivity contribution is 5.95. The molecule has 5 nitrogen and oxygen atoms in total. The van der Waals surface area contributed by atoms with Gasteiger partial charge in [0.1, 0.15) is 19.0 Å². The van der Waals surface area contributed by atoms with Crippen molar-refractivity contribution in [2.75, 3.05) is 5.32 Å². The van der Waals surface area contributed by atoms with E-state index >= 15 is 0 Å². The van der Waals surface area contributed by atoms with Crippen LogP contribution in [-0.4, -0.2) is 11.9 Å². The van der Waals surface area contributed by atoms with Crippen molar-refractivity contribution in [2.24, 2.45) is 0 Å². The van der Waals surface area contributed by atoms with Crippen LogP contribution in [0.2, 0.25) is 0 Å². The second-order valence-corrected chi connectivity index (χ2v) is 6.68. The maximum absolute atomic E-state index is 12.6. The number of aryl methyl sites for hydroxylation is 1. The maximum atomic E-state index is 12.6. The topological polar surface area (TPSA) is 64.6 Å². The third-order valence-corrected chi connectivity index (χ3v) is 4.29. The fourth-order valence-electron chi connectivity index (χ4n) is 2.86. The highest BCUT2D eigenvalue weighted by Crippen LogP contribution is 2.31. The van der Waals surface area contributed by atoms with Crippen molar-refractivity contribution in [2.45, 2.75) is 27.1 Å². The van der Waals surface area contributed by atoms with Crippen LogP contribution in [0, 0.1) is 6.92 Å². The molecule has 3 aromatic rings. The summed E-state index contributed by atoms with van der Waals surface area (Å²) in [7, 11) is 0. The number of carbonyl (C=O) groups excluding carboxylic acids is 2. The average Bonchev–Trinajstić information content (AvgIpc) is 2.73. The summed E-state index contributed by atoms with van der Waals surface area (Å²) in [6.45, 7) is 3.75. The van der Waals surface area contributed by atoms with Gasteiger partial charge in [0.25, 0.3) is 0 Å². The summed E-state index contributed by atoms with van der Waals surface area (Å²) in [5.41, 5.74) is 3.53. The predicted molar refractivity (Wildman–Crippen MR) is 112 cm³/mol. The van der Waals surface area contributed by atoms with Gasteiger partial charge in [-0.2, -0.15) is 0 Å². The Bertz CT molecular complexity index is 985. The summed E-state index contributed by atoms with van der Waals surface area (Å²) in [6.07, 6.45) is 0. The summed E-state index contributed by atoms with van der Waals surface area (Å²) in [5, 5.41) is 2.79. The summed E-state index contributed by atoms with van der Waals surface area (Å²) in [4.78, 5) is 24.2. The second kappa shape index (κ2) is 9.55. The number of esters is 1. The molecule has 0 aliphatic rings. The van der Waals surface area contributed by atoms with Gasteiger partial charge in [-0.05, 0) is 35.7 Å². The van der Waals surface area contributed by atoms with Crippen LogP contribution in [0.1, 0.15) is 34.0 Å². The summed E-state index contributed by atoms with van der Waals surface area (Å²) in [6, 6.07) is 22.5. The zero-order chi connectivity index (χ0) is 20.6. The van der Waals surface area contributed by atoms with Crippen LogP contribution < -0.4 is 10.1 Å². The minimum Gasteiger partial charge on any atom is -0.487 e. The Labute approximate surface area is 170 Å². The Morgan fingerprint density at radius 3 is 2.03 bits per heavy atom. The van der Waals surface area contributed by atoms with Crippen molar-refractivity contribution < 1.29 is 19.1 Å². The number of ether oxygens (including phenoxy) is 2. The SMILES string of the molecule is CC(=O)Nc1c(C)cc(C(=O)OCc2ccccc2)cc1OCc1ccccc1. The fraction of sp³-hybridized carbons (Fsp3) is 0.167. The molecule has 0 unspecified atom stereocenters. The predicted octanol–water partition coefficient (Wildman–Crippen LogP) is 4.89. The molecule has 0 fully saturated rings. The maximum Gasteiger partial charge on any atom is 0.338 e. The van der Waals surface area contributed by atoms with Crippen LogP contribution in [0.3, 0.4) is 0 Å². The van der Waals surface area contributed by atoms with Gasteiger partial charge in [-0.3, -0.25) is 4.79 Å². The number of carbonyl (C=O) groups is 2. The normalized spacial score (nSPS) is 10.3. The molecular weight excluding hydrogens is 366 g/mol. The number of nitrogens with one attached hydrogen (secondary N) is 1. The molecule has 3 rings (SSSR count). The molecule has 1 amide bonds. The van der Waals surface area contributed by atoms with E-state index in [-0.39, 0.29) is 12.5 Å². The number of hydrogen-bond donors (Lipinski definition) is 1. The Morgan fingerprint density at radius 2 is 1.45 bits per heavy atom. The minimum absolute atomic E-state index is 0.187. The number of rotatable bonds is 7. The lowest BCUT2D eigenvalue weighted by atomic mass is 10.1. The molecule has 0 aliphatic heterocycles. The van der Waals surface area contributed by atoms with Crippen LogP contribution in [0.5, 0.6) is 5.75 Å². The third-order valence-electron chi connectivity index (χ3n) is 4.29. The van der Waals surface area contributed by atoms with E-state index in [2.05, 4.69) is 5.32 Å². The Kier molecular flexibility index (Phi) is 6.63. The van der Waals surface area contributed by atoms with Gasteiger partial charge in [0.05, 0.1) is 11.3 Å². The van der Waals surface area contributed by atoms with Crippen molar-refractivity contribution in [3.63, 3.8) is 0 Å². The van der Waals surface area contributed by atoms with E-state index in [0.29, 0.717) is 23.6 Å². The van der Waals surface area contributed by atoms with Gasteiger partial charge in [0.2, 0.25) is 5.91 Å². The molecule has 5 heteroatoms. The summed E-state index contributed by atoms with van der Waals surface area (Å²) in [5.74, 6) is -0.233. The molecule has 0 saturated carbocycles. The molecule has 0 aromatic heterocycles. The van der Waals surface area contributed by atoms with Crippen molar-refractivity contribution in [3.8, 4) is 5.75 Å². The highest BCUT2D eigenvalue weighted by atomic mass is 16.5. The number of amides is 1. The van der Waals surface area contributed by atoms with Gasteiger partial charge in [-0.25, -0.2) is 4.79 Å².